The molecule has 78 valence electrons. The first-order valence-corrected chi connectivity index (χ1v) is 5.28. The fourth-order valence-corrected chi connectivity index (χ4v) is 1.41. The minimum Gasteiger partial charge on any atom is -0.375 e. The Labute approximate surface area is 86.7 Å². The van der Waals surface area contributed by atoms with Crippen LogP contribution in [0, 0.1) is 0 Å². The molecule has 0 saturated heterocycles. The molecule has 0 spiro atoms. The standard InChI is InChI=1S/C12H20N2/c1-3-4-9-14(2)12-7-5-11(10-13)6-8-12/h5-8H,3-4,9-10,13H2,1-2H3. The van der Waals surface area contributed by atoms with E-state index in [1.54, 1.807) is 0 Å². The van der Waals surface area contributed by atoms with Gasteiger partial charge in [0, 0.05) is 25.8 Å². The van der Waals surface area contributed by atoms with Crippen molar-refractivity contribution in [3.8, 4) is 0 Å². The lowest BCUT2D eigenvalue weighted by Gasteiger charge is -2.19. The first kappa shape index (κ1) is 11.1. The minimum absolute atomic E-state index is 0.624. The zero-order chi connectivity index (χ0) is 10.4. The number of hydrogen-bond donors (Lipinski definition) is 1. The zero-order valence-electron chi connectivity index (χ0n) is 9.16. The summed E-state index contributed by atoms with van der Waals surface area (Å²) in [4.78, 5) is 2.28. The van der Waals surface area contributed by atoms with Crippen LogP contribution in [0.5, 0.6) is 0 Å². The average molecular weight is 192 g/mol. The molecule has 0 radical (unpaired) electrons. The van der Waals surface area contributed by atoms with Gasteiger partial charge in [-0.2, -0.15) is 0 Å². The van der Waals surface area contributed by atoms with Crippen LogP contribution in [0.2, 0.25) is 0 Å². The van der Waals surface area contributed by atoms with Crippen molar-refractivity contribution in [1.82, 2.24) is 0 Å². The van der Waals surface area contributed by atoms with Gasteiger partial charge in [0.1, 0.15) is 0 Å². The maximum Gasteiger partial charge on any atom is 0.0363 e. The topological polar surface area (TPSA) is 29.3 Å². The SMILES string of the molecule is CCCCN(C)c1ccc(CN)cc1. The number of unbranched alkanes of at least 4 members (excludes halogenated alkanes) is 1. The van der Waals surface area contributed by atoms with Crippen molar-refractivity contribution in [2.75, 3.05) is 18.5 Å². The zero-order valence-corrected chi connectivity index (χ0v) is 9.16. The second-order valence-electron chi connectivity index (χ2n) is 3.65. The van der Waals surface area contributed by atoms with Gasteiger partial charge in [-0.15, -0.1) is 0 Å². The van der Waals surface area contributed by atoms with Crippen molar-refractivity contribution < 1.29 is 0 Å². The van der Waals surface area contributed by atoms with E-state index in [1.165, 1.54) is 24.1 Å². The van der Waals surface area contributed by atoms with Gasteiger partial charge < -0.3 is 10.6 Å². The summed E-state index contributed by atoms with van der Waals surface area (Å²) in [7, 11) is 2.13. The highest BCUT2D eigenvalue weighted by molar-refractivity contribution is 5.46. The molecule has 0 unspecified atom stereocenters. The number of benzene rings is 1. The molecule has 0 aliphatic heterocycles. The predicted molar refractivity (Wildman–Crippen MR) is 62.5 cm³/mol. The highest BCUT2D eigenvalue weighted by atomic mass is 15.1. The van der Waals surface area contributed by atoms with Crippen molar-refractivity contribution in [1.29, 1.82) is 0 Å². The molecule has 1 rings (SSSR count). The largest absolute Gasteiger partial charge is 0.375 e. The smallest absolute Gasteiger partial charge is 0.0363 e. The lowest BCUT2D eigenvalue weighted by molar-refractivity contribution is 0.766. The summed E-state index contributed by atoms with van der Waals surface area (Å²) >= 11 is 0. The van der Waals surface area contributed by atoms with Gasteiger partial charge in [-0.25, -0.2) is 0 Å². The van der Waals surface area contributed by atoms with Crippen molar-refractivity contribution in [3.63, 3.8) is 0 Å². The van der Waals surface area contributed by atoms with Gasteiger partial charge in [0.05, 0.1) is 0 Å². The van der Waals surface area contributed by atoms with Gasteiger partial charge in [0.15, 0.2) is 0 Å². The molecule has 1 aromatic carbocycles. The van der Waals surface area contributed by atoms with Gasteiger partial charge in [0.2, 0.25) is 0 Å². The number of rotatable bonds is 5. The molecule has 2 N–H and O–H groups in total. The quantitative estimate of drug-likeness (QED) is 0.776. The van der Waals surface area contributed by atoms with E-state index in [4.69, 9.17) is 5.73 Å². The summed E-state index contributed by atoms with van der Waals surface area (Å²) in [5, 5.41) is 0. The molecule has 0 heterocycles. The predicted octanol–water partition coefficient (Wildman–Crippen LogP) is 2.38. The first-order chi connectivity index (χ1) is 6.77. The second kappa shape index (κ2) is 5.66. The van der Waals surface area contributed by atoms with E-state index in [1.807, 2.05) is 0 Å². The van der Waals surface area contributed by atoms with E-state index < -0.39 is 0 Å². The Bertz CT molecular complexity index is 254. The van der Waals surface area contributed by atoms with E-state index in [-0.39, 0.29) is 0 Å². The van der Waals surface area contributed by atoms with Crippen LogP contribution in [0.4, 0.5) is 5.69 Å². The van der Waals surface area contributed by atoms with Crippen molar-refractivity contribution in [2.24, 2.45) is 5.73 Å². The highest BCUT2D eigenvalue weighted by Crippen LogP contribution is 2.13. The lowest BCUT2D eigenvalue weighted by Crippen LogP contribution is -2.18. The Balaban J connectivity index is 2.57. The van der Waals surface area contributed by atoms with Crippen LogP contribution in [0.25, 0.3) is 0 Å². The van der Waals surface area contributed by atoms with E-state index in [2.05, 4.69) is 43.1 Å². The molecule has 0 bridgehead atoms. The molecule has 0 atom stereocenters. The van der Waals surface area contributed by atoms with Crippen LogP contribution in [0.3, 0.4) is 0 Å². The fraction of sp³-hybridized carbons (Fsp3) is 0.500. The summed E-state index contributed by atoms with van der Waals surface area (Å²) in [6.45, 7) is 3.96. The molecule has 0 fully saturated rings. The van der Waals surface area contributed by atoms with Crippen molar-refractivity contribution in [3.05, 3.63) is 29.8 Å². The molecule has 0 aliphatic carbocycles. The number of nitrogens with zero attached hydrogens (tertiary/aromatic N) is 1. The molecule has 0 amide bonds. The van der Waals surface area contributed by atoms with Crippen molar-refractivity contribution >= 4 is 5.69 Å². The van der Waals surface area contributed by atoms with E-state index in [0.29, 0.717) is 6.54 Å². The summed E-state index contributed by atoms with van der Waals surface area (Å²) in [6.07, 6.45) is 2.49. The maximum atomic E-state index is 5.54. The molecule has 0 aliphatic rings. The molecule has 2 nitrogen and oxygen atoms in total. The first-order valence-electron chi connectivity index (χ1n) is 5.28. The van der Waals surface area contributed by atoms with E-state index in [9.17, 15) is 0 Å². The van der Waals surface area contributed by atoms with Gasteiger partial charge >= 0.3 is 0 Å². The number of anilines is 1. The molecule has 14 heavy (non-hydrogen) atoms. The summed E-state index contributed by atoms with van der Waals surface area (Å²) in [5.74, 6) is 0. The molecule has 0 saturated carbocycles. The molecular weight excluding hydrogens is 172 g/mol. The van der Waals surface area contributed by atoms with Crippen LogP contribution in [-0.4, -0.2) is 13.6 Å². The lowest BCUT2D eigenvalue weighted by atomic mass is 10.2. The third kappa shape index (κ3) is 3.04. The monoisotopic (exact) mass is 192 g/mol. The van der Waals surface area contributed by atoms with Crippen LogP contribution < -0.4 is 10.6 Å². The third-order valence-electron chi connectivity index (χ3n) is 2.46. The van der Waals surface area contributed by atoms with Crippen LogP contribution >= 0.6 is 0 Å². The molecule has 1 aromatic rings. The van der Waals surface area contributed by atoms with Gasteiger partial charge in [0.25, 0.3) is 0 Å². The summed E-state index contributed by atoms with van der Waals surface area (Å²) in [5.41, 5.74) is 8.01. The Hall–Kier alpha value is -1.02. The number of nitrogens with two attached hydrogens (primary N) is 1. The van der Waals surface area contributed by atoms with Crippen LogP contribution in [-0.2, 0) is 6.54 Å². The third-order valence-corrected chi connectivity index (χ3v) is 2.46. The maximum absolute atomic E-state index is 5.54. The molecule has 2 heteroatoms. The van der Waals surface area contributed by atoms with Gasteiger partial charge in [-0.1, -0.05) is 25.5 Å². The normalized spacial score (nSPS) is 10.2. The number of hydrogen-bond acceptors (Lipinski definition) is 2. The van der Waals surface area contributed by atoms with Crippen LogP contribution in [0.1, 0.15) is 25.3 Å². The van der Waals surface area contributed by atoms with Gasteiger partial charge in [-0.3, -0.25) is 0 Å². The van der Waals surface area contributed by atoms with Crippen molar-refractivity contribution in [2.45, 2.75) is 26.3 Å². The second-order valence-corrected chi connectivity index (χ2v) is 3.65. The van der Waals surface area contributed by atoms with Crippen LogP contribution in [0.15, 0.2) is 24.3 Å². The molecule has 0 aromatic heterocycles. The Morgan fingerprint density at radius 1 is 1.21 bits per heavy atom. The Kier molecular flexibility index (Phi) is 4.47. The Morgan fingerprint density at radius 3 is 2.36 bits per heavy atom. The molecular formula is C12H20N2. The minimum atomic E-state index is 0.624. The van der Waals surface area contributed by atoms with E-state index >= 15 is 0 Å². The highest BCUT2D eigenvalue weighted by Gasteiger charge is 1.98. The summed E-state index contributed by atoms with van der Waals surface area (Å²) in [6, 6.07) is 8.46. The summed E-state index contributed by atoms with van der Waals surface area (Å²) < 4.78 is 0. The average Bonchev–Trinajstić information content (AvgIpc) is 2.26. The van der Waals surface area contributed by atoms with Gasteiger partial charge in [-0.05, 0) is 24.1 Å². The van der Waals surface area contributed by atoms with E-state index in [0.717, 1.165) is 6.54 Å². The fourth-order valence-electron chi connectivity index (χ4n) is 1.41. The Morgan fingerprint density at radius 2 is 1.86 bits per heavy atom.